The summed E-state index contributed by atoms with van der Waals surface area (Å²) in [4.78, 5) is 58.2. The molecule has 2 unspecified atom stereocenters. The number of nitrogens with one attached hydrogen (secondary N) is 3. The summed E-state index contributed by atoms with van der Waals surface area (Å²) in [6.45, 7) is -1.10. The predicted molar refractivity (Wildman–Crippen MR) is 99.2 cm³/mol. The maximum absolute atomic E-state index is 12.5. The van der Waals surface area contributed by atoms with Gasteiger partial charge in [-0.1, -0.05) is 12.1 Å². The van der Waals surface area contributed by atoms with Gasteiger partial charge in [0.1, 0.15) is 24.4 Å². The number of benzene rings is 1. The minimum Gasteiger partial charge on any atom is -0.508 e. The molecule has 0 saturated heterocycles. The zero-order valence-electron chi connectivity index (χ0n) is 15.4. The molecule has 12 heteroatoms. The van der Waals surface area contributed by atoms with Crippen molar-refractivity contribution in [1.29, 1.82) is 0 Å². The third-order valence-electron chi connectivity index (χ3n) is 3.67. The van der Waals surface area contributed by atoms with Crippen molar-refractivity contribution in [3.8, 4) is 5.75 Å². The summed E-state index contributed by atoms with van der Waals surface area (Å²) >= 11 is 0. The number of amides is 4. The lowest BCUT2D eigenvalue weighted by atomic mass is 10.0. The number of rotatable bonds is 11. The van der Waals surface area contributed by atoms with Gasteiger partial charge >= 0.3 is 5.97 Å². The summed E-state index contributed by atoms with van der Waals surface area (Å²) in [5.41, 5.74) is 10.8. The van der Waals surface area contributed by atoms with Crippen molar-refractivity contribution >= 4 is 29.6 Å². The molecule has 1 rings (SSSR count). The van der Waals surface area contributed by atoms with E-state index in [1.807, 2.05) is 0 Å². The zero-order valence-corrected chi connectivity index (χ0v) is 15.4. The molecule has 0 aromatic heterocycles. The van der Waals surface area contributed by atoms with Crippen LogP contribution in [0.1, 0.15) is 12.0 Å². The number of primary amides is 1. The number of hydrogen-bond donors (Lipinski definition) is 7. The number of carbonyl (C=O) groups excluding carboxylic acids is 4. The van der Waals surface area contributed by atoms with E-state index in [2.05, 4.69) is 16.0 Å². The third kappa shape index (κ3) is 8.71. The summed E-state index contributed by atoms with van der Waals surface area (Å²) in [5.74, 6) is -4.54. The molecule has 9 N–H and O–H groups in total. The Hall–Kier alpha value is -3.67. The minimum absolute atomic E-state index is 0.00400. The summed E-state index contributed by atoms with van der Waals surface area (Å²) < 4.78 is 0. The van der Waals surface area contributed by atoms with Gasteiger partial charge in [0.15, 0.2) is 0 Å². The van der Waals surface area contributed by atoms with Gasteiger partial charge in [0.2, 0.25) is 23.6 Å². The van der Waals surface area contributed by atoms with Gasteiger partial charge in [-0.2, -0.15) is 0 Å². The molecule has 0 fully saturated rings. The Bertz CT molecular complexity index is 766. The lowest BCUT2D eigenvalue weighted by molar-refractivity contribution is -0.138. The number of nitrogens with two attached hydrogens (primary N) is 2. The highest BCUT2D eigenvalue weighted by atomic mass is 16.4. The molecule has 29 heavy (non-hydrogen) atoms. The first-order valence-corrected chi connectivity index (χ1v) is 8.48. The molecular formula is C17H23N5O7. The Morgan fingerprint density at radius 3 is 2.10 bits per heavy atom. The molecule has 0 aliphatic rings. The Kier molecular flexibility index (Phi) is 9.05. The summed E-state index contributed by atoms with van der Waals surface area (Å²) in [5, 5.41) is 24.8. The van der Waals surface area contributed by atoms with Crippen molar-refractivity contribution in [2.75, 3.05) is 13.1 Å². The average molecular weight is 409 g/mol. The number of hydrogen-bond acceptors (Lipinski definition) is 7. The van der Waals surface area contributed by atoms with Crippen LogP contribution in [-0.4, -0.2) is 65.0 Å². The maximum Gasteiger partial charge on any atom is 0.322 e. The van der Waals surface area contributed by atoms with Crippen molar-refractivity contribution < 1.29 is 34.2 Å². The highest BCUT2D eigenvalue weighted by Gasteiger charge is 2.28. The highest BCUT2D eigenvalue weighted by molar-refractivity contribution is 5.95. The molecule has 158 valence electrons. The number of phenols is 1. The molecule has 12 nitrogen and oxygen atoms in total. The van der Waals surface area contributed by atoms with Crippen LogP contribution in [0.5, 0.6) is 5.75 Å². The standard InChI is InChI=1S/C17H23N5O7/c18-7-14(25)21-12(6-13(19)24)17(29)22-11(16(28)20-8-15(26)27)5-9-1-3-10(23)4-2-9/h1-4,11-12,23H,5-8,18H2,(H2,19,24)(H,20,28)(H,21,25)(H,22,29)(H,26,27). The zero-order chi connectivity index (χ0) is 22.0. The van der Waals surface area contributed by atoms with E-state index in [1.54, 1.807) is 0 Å². The summed E-state index contributed by atoms with van der Waals surface area (Å²) in [6, 6.07) is 3.18. The van der Waals surface area contributed by atoms with Crippen LogP contribution in [0.15, 0.2) is 24.3 Å². The van der Waals surface area contributed by atoms with Crippen molar-refractivity contribution in [3.63, 3.8) is 0 Å². The first-order valence-electron chi connectivity index (χ1n) is 8.48. The van der Waals surface area contributed by atoms with Crippen molar-refractivity contribution in [2.45, 2.75) is 24.9 Å². The second-order valence-corrected chi connectivity index (χ2v) is 6.04. The average Bonchev–Trinajstić information content (AvgIpc) is 2.66. The van der Waals surface area contributed by atoms with E-state index in [9.17, 15) is 29.1 Å². The number of carboxylic acid groups (broad SMARTS) is 1. The number of aliphatic carboxylic acids is 1. The number of carbonyl (C=O) groups is 5. The van der Waals surface area contributed by atoms with E-state index in [4.69, 9.17) is 16.6 Å². The van der Waals surface area contributed by atoms with Crippen molar-refractivity contribution in [3.05, 3.63) is 29.8 Å². The van der Waals surface area contributed by atoms with Crippen LogP contribution in [0.25, 0.3) is 0 Å². The molecule has 4 amide bonds. The molecule has 0 saturated carbocycles. The molecule has 0 aliphatic carbocycles. The first-order chi connectivity index (χ1) is 13.6. The van der Waals surface area contributed by atoms with Crippen LogP contribution < -0.4 is 27.4 Å². The van der Waals surface area contributed by atoms with E-state index in [0.29, 0.717) is 5.56 Å². The van der Waals surface area contributed by atoms with Crippen LogP contribution in [-0.2, 0) is 30.4 Å². The normalized spacial score (nSPS) is 12.3. The lowest BCUT2D eigenvalue weighted by Gasteiger charge is -2.22. The molecule has 0 bridgehead atoms. The Morgan fingerprint density at radius 1 is 0.966 bits per heavy atom. The van der Waals surface area contributed by atoms with E-state index in [0.717, 1.165) is 0 Å². The first kappa shape index (κ1) is 23.4. The van der Waals surface area contributed by atoms with E-state index in [1.165, 1.54) is 24.3 Å². The molecule has 0 aliphatic heterocycles. The molecule has 1 aromatic rings. The fourth-order valence-corrected chi connectivity index (χ4v) is 2.30. The Morgan fingerprint density at radius 2 is 1.59 bits per heavy atom. The van der Waals surface area contributed by atoms with Gasteiger partial charge in [-0.25, -0.2) is 0 Å². The predicted octanol–water partition coefficient (Wildman–Crippen LogP) is -3.06. The smallest absolute Gasteiger partial charge is 0.322 e. The number of phenolic OH excluding ortho intramolecular Hbond substituents is 1. The lowest BCUT2D eigenvalue weighted by Crippen LogP contribution is -2.56. The minimum atomic E-state index is -1.36. The Balaban J connectivity index is 2.98. The van der Waals surface area contributed by atoms with Crippen LogP contribution in [0.4, 0.5) is 0 Å². The van der Waals surface area contributed by atoms with Gasteiger partial charge in [0.05, 0.1) is 13.0 Å². The van der Waals surface area contributed by atoms with Crippen LogP contribution in [0.3, 0.4) is 0 Å². The largest absolute Gasteiger partial charge is 0.508 e. The molecule has 2 atom stereocenters. The Labute approximate surface area is 165 Å². The monoisotopic (exact) mass is 409 g/mol. The second kappa shape index (κ2) is 11.2. The molecule has 0 heterocycles. The topological polar surface area (TPSA) is 214 Å². The van der Waals surface area contributed by atoms with Crippen molar-refractivity contribution in [2.24, 2.45) is 11.5 Å². The van der Waals surface area contributed by atoms with Gasteiger partial charge in [-0.3, -0.25) is 24.0 Å². The van der Waals surface area contributed by atoms with Gasteiger partial charge in [-0.15, -0.1) is 0 Å². The van der Waals surface area contributed by atoms with E-state index < -0.39 is 61.2 Å². The van der Waals surface area contributed by atoms with E-state index >= 15 is 0 Å². The number of carboxylic acids is 1. The summed E-state index contributed by atoms with van der Waals surface area (Å²) in [7, 11) is 0. The highest BCUT2D eigenvalue weighted by Crippen LogP contribution is 2.11. The molecule has 0 radical (unpaired) electrons. The van der Waals surface area contributed by atoms with Gasteiger partial charge in [0.25, 0.3) is 0 Å². The fraction of sp³-hybridized carbons (Fsp3) is 0.353. The summed E-state index contributed by atoms with van der Waals surface area (Å²) in [6.07, 6.45) is -0.578. The quantitative estimate of drug-likeness (QED) is 0.199. The van der Waals surface area contributed by atoms with Gasteiger partial charge in [0, 0.05) is 6.42 Å². The molecular weight excluding hydrogens is 386 g/mol. The third-order valence-corrected chi connectivity index (χ3v) is 3.67. The van der Waals surface area contributed by atoms with Crippen LogP contribution in [0.2, 0.25) is 0 Å². The van der Waals surface area contributed by atoms with Gasteiger partial charge in [-0.05, 0) is 17.7 Å². The van der Waals surface area contributed by atoms with Gasteiger partial charge < -0.3 is 37.6 Å². The molecule has 1 aromatic carbocycles. The second-order valence-electron chi connectivity index (χ2n) is 6.04. The van der Waals surface area contributed by atoms with Crippen LogP contribution in [0, 0.1) is 0 Å². The van der Waals surface area contributed by atoms with Crippen molar-refractivity contribution in [1.82, 2.24) is 16.0 Å². The van der Waals surface area contributed by atoms with E-state index in [-0.39, 0.29) is 12.2 Å². The SMILES string of the molecule is NCC(=O)NC(CC(N)=O)C(=O)NC(Cc1ccc(O)cc1)C(=O)NCC(=O)O. The molecule has 0 spiro atoms. The van der Waals surface area contributed by atoms with Crippen LogP contribution >= 0.6 is 0 Å². The maximum atomic E-state index is 12.5. The fourth-order valence-electron chi connectivity index (χ4n) is 2.30. The number of aromatic hydroxyl groups is 1.